The van der Waals surface area contributed by atoms with Crippen LogP contribution in [0.1, 0.15) is 0 Å². The summed E-state index contributed by atoms with van der Waals surface area (Å²) in [5.74, 6) is 3.98. The van der Waals surface area contributed by atoms with Crippen molar-refractivity contribution in [3.05, 3.63) is 315 Å². The van der Waals surface area contributed by atoms with Crippen LogP contribution in [-0.2, 0) is 0 Å². The largest absolute Gasteiger partial charge is 0.456 e. The van der Waals surface area contributed by atoms with Crippen LogP contribution in [-0.4, -0.2) is 49.8 Å². The highest BCUT2D eigenvalue weighted by molar-refractivity contribution is 6.17. The standard InChI is InChI=1S/C98H52N10O6/c1-5-20-53(21-6-1)84-89-86(66-29-14-16-35-74(66)112-89)101-93(99-84)59-41-46-76-72(48-59)83-69(32-19-37-78(83)110-76)97-105-92(56-26-11-4-12-27-56)106-98(108-97)70-33-17-30-65-64-43-38-57(50-80(64)113-88(65)70)58-39-45-67-81(51-58)114-90-85(54-22-7-2-8-23-54)100-94(102-87(67)90)60-42-47-75-71(49-60)82-68(31-18-36-77(82)109-75)96-104-91(55-24-9-3-10-25-55)103-95(107-96)61-40-44-63-62-28-13-15-34-73(62)111-79(63)52-61/h1-52H. The Hall–Kier alpha value is -15.9. The average molecular weight is 1470 g/mol. The van der Waals surface area contributed by atoms with E-state index in [0.29, 0.717) is 119 Å². The maximum absolute atomic E-state index is 7.04. The van der Waals surface area contributed by atoms with Crippen LogP contribution in [0.3, 0.4) is 0 Å². The molecule has 114 heavy (non-hydrogen) atoms. The summed E-state index contributed by atoms with van der Waals surface area (Å²) in [7, 11) is 0. The predicted molar refractivity (Wildman–Crippen MR) is 448 cm³/mol. The Morgan fingerprint density at radius 3 is 1.05 bits per heavy atom. The fraction of sp³-hybridized carbons (Fsp3) is 0. The Kier molecular flexibility index (Phi) is 13.7. The van der Waals surface area contributed by atoms with Gasteiger partial charge in [-0.1, -0.05) is 206 Å². The lowest BCUT2D eigenvalue weighted by Crippen LogP contribution is -2.00. The minimum Gasteiger partial charge on any atom is -0.456 e. The second kappa shape index (κ2) is 24.8. The monoisotopic (exact) mass is 1460 g/mol. The summed E-state index contributed by atoms with van der Waals surface area (Å²) in [5.41, 5.74) is 20.9. The van der Waals surface area contributed by atoms with Gasteiger partial charge in [0.05, 0.1) is 5.56 Å². The van der Waals surface area contributed by atoms with Crippen molar-refractivity contribution in [3.8, 4) is 125 Å². The molecule has 0 aliphatic heterocycles. The average Bonchev–Trinajstić information content (AvgIpc) is 1.58. The molecule has 0 N–H and O–H groups in total. The SMILES string of the molecule is c1ccc(-c2nc(-c3ccc4c(c3)oc3ccccc34)nc(-c3cccc4oc5ccc(-c6nc(-c7ccccc7)c7oc8cc(-c9ccc%10c(c9)oc9c(-c%11nc(-c%12ccccc%12)nc(-c%12cccc%13oc%14ccc(-c%15nc(-c%16ccccc%16)c%16oc%17ccccc%17c%16n%15)cc%14c%12%13)n%11)cccc9%10)ccc8c7n6)cc5c34)n2)cc1. The van der Waals surface area contributed by atoms with Gasteiger partial charge in [-0.05, 0) is 120 Å². The molecule has 10 aromatic heterocycles. The number of aromatic nitrogens is 10. The molecule has 0 spiro atoms. The van der Waals surface area contributed by atoms with Crippen LogP contribution in [0.5, 0.6) is 0 Å². The van der Waals surface area contributed by atoms with E-state index in [9.17, 15) is 0 Å². The minimum atomic E-state index is 0.441. The van der Waals surface area contributed by atoms with Crippen LogP contribution in [0.25, 0.3) is 257 Å². The van der Waals surface area contributed by atoms with Gasteiger partial charge in [-0.15, -0.1) is 0 Å². The van der Waals surface area contributed by atoms with E-state index in [1.807, 2.05) is 249 Å². The molecule has 14 aromatic carbocycles. The highest BCUT2D eigenvalue weighted by Gasteiger charge is 2.27. The van der Waals surface area contributed by atoms with Crippen molar-refractivity contribution in [2.45, 2.75) is 0 Å². The number of benzene rings is 14. The van der Waals surface area contributed by atoms with Crippen molar-refractivity contribution >= 4 is 132 Å². The van der Waals surface area contributed by atoms with Crippen molar-refractivity contribution in [1.29, 1.82) is 0 Å². The summed E-state index contributed by atoms with van der Waals surface area (Å²) in [6.45, 7) is 0. The second-order valence-electron chi connectivity index (χ2n) is 28.4. The summed E-state index contributed by atoms with van der Waals surface area (Å²) in [6, 6.07) is 105. The summed E-state index contributed by atoms with van der Waals surface area (Å²) < 4.78 is 40.1. The van der Waals surface area contributed by atoms with Gasteiger partial charge in [0, 0.05) is 104 Å². The van der Waals surface area contributed by atoms with Crippen molar-refractivity contribution in [2.75, 3.05) is 0 Å². The third-order valence-electron chi connectivity index (χ3n) is 21.7. The first-order chi connectivity index (χ1) is 56.4. The second-order valence-corrected chi connectivity index (χ2v) is 28.4. The molecule has 0 saturated heterocycles. The number of furan rings is 6. The summed E-state index contributed by atoms with van der Waals surface area (Å²) in [6.07, 6.45) is 0. The van der Waals surface area contributed by atoms with E-state index in [0.717, 1.165) is 137 Å². The van der Waals surface area contributed by atoms with Crippen LogP contribution in [0, 0.1) is 0 Å². The molecule has 0 unspecified atom stereocenters. The van der Waals surface area contributed by atoms with Crippen LogP contribution in [0.2, 0.25) is 0 Å². The van der Waals surface area contributed by atoms with Crippen molar-refractivity contribution in [3.63, 3.8) is 0 Å². The van der Waals surface area contributed by atoms with Gasteiger partial charge >= 0.3 is 0 Å². The zero-order chi connectivity index (χ0) is 74.6. The Labute approximate surface area is 644 Å². The molecule has 0 fully saturated rings. The maximum atomic E-state index is 7.04. The number of fused-ring (bicyclic) bond motifs is 18. The lowest BCUT2D eigenvalue weighted by atomic mass is 10.0. The van der Waals surface area contributed by atoms with E-state index in [1.54, 1.807) is 0 Å². The Morgan fingerprint density at radius 1 is 0.158 bits per heavy atom. The van der Waals surface area contributed by atoms with E-state index in [4.69, 9.17) is 76.3 Å². The molecular formula is C98H52N10O6. The number of hydrogen-bond acceptors (Lipinski definition) is 16. The zero-order valence-electron chi connectivity index (χ0n) is 59.9. The highest BCUT2D eigenvalue weighted by Crippen LogP contribution is 2.46. The third-order valence-corrected chi connectivity index (χ3v) is 21.7. The molecule has 10 heterocycles. The molecule has 530 valence electrons. The van der Waals surface area contributed by atoms with Gasteiger partial charge in [-0.2, -0.15) is 0 Å². The molecule has 0 radical (unpaired) electrons. The van der Waals surface area contributed by atoms with E-state index >= 15 is 0 Å². The van der Waals surface area contributed by atoms with Gasteiger partial charge in [0.15, 0.2) is 57.8 Å². The van der Waals surface area contributed by atoms with E-state index < -0.39 is 0 Å². The Balaban J connectivity index is 0.597. The van der Waals surface area contributed by atoms with Crippen LogP contribution >= 0.6 is 0 Å². The highest BCUT2D eigenvalue weighted by atomic mass is 16.3. The molecule has 0 saturated carbocycles. The topological polar surface area (TPSA) is 208 Å². The number of para-hydroxylation sites is 3. The van der Waals surface area contributed by atoms with Gasteiger partial charge < -0.3 is 26.5 Å². The molecule has 0 atom stereocenters. The molecule has 16 nitrogen and oxygen atoms in total. The van der Waals surface area contributed by atoms with Gasteiger partial charge in [-0.25, -0.2) is 49.8 Å². The maximum Gasteiger partial charge on any atom is 0.180 e. The molecule has 24 aromatic rings. The normalized spacial score (nSPS) is 12.0. The molecule has 16 heteroatoms. The third kappa shape index (κ3) is 10.1. The zero-order valence-corrected chi connectivity index (χ0v) is 59.9. The fourth-order valence-electron chi connectivity index (χ4n) is 16.3. The lowest BCUT2D eigenvalue weighted by molar-refractivity contribution is 0.667. The lowest BCUT2D eigenvalue weighted by Gasteiger charge is -2.10. The molecule has 0 aliphatic carbocycles. The van der Waals surface area contributed by atoms with Gasteiger partial charge in [-0.3, -0.25) is 0 Å². The van der Waals surface area contributed by atoms with Crippen LogP contribution < -0.4 is 0 Å². The first-order valence-electron chi connectivity index (χ1n) is 37.4. The first-order valence-corrected chi connectivity index (χ1v) is 37.4. The van der Waals surface area contributed by atoms with Crippen molar-refractivity contribution < 1.29 is 26.5 Å². The van der Waals surface area contributed by atoms with E-state index in [2.05, 4.69) is 66.7 Å². The summed E-state index contributed by atoms with van der Waals surface area (Å²) >= 11 is 0. The van der Waals surface area contributed by atoms with Gasteiger partial charge in [0.2, 0.25) is 0 Å². The number of nitrogens with zero attached hydrogens (tertiary/aromatic N) is 10. The molecule has 24 rings (SSSR count). The fourth-order valence-corrected chi connectivity index (χ4v) is 16.3. The Bertz CT molecular complexity index is 8130. The van der Waals surface area contributed by atoms with Gasteiger partial charge in [0.1, 0.15) is 78.3 Å². The molecular weight excluding hydrogens is 1410 g/mol. The van der Waals surface area contributed by atoms with E-state index in [-0.39, 0.29) is 0 Å². The van der Waals surface area contributed by atoms with Crippen LogP contribution in [0.4, 0.5) is 0 Å². The van der Waals surface area contributed by atoms with Crippen LogP contribution in [0.15, 0.2) is 342 Å². The molecule has 0 bridgehead atoms. The van der Waals surface area contributed by atoms with Crippen molar-refractivity contribution in [2.24, 2.45) is 0 Å². The summed E-state index contributed by atoms with van der Waals surface area (Å²) in [5, 5.41) is 9.02. The molecule has 0 aliphatic rings. The van der Waals surface area contributed by atoms with E-state index in [1.165, 1.54) is 0 Å². The first kappa shape index (κ1) is 63.0. The number of rotatable bonds is 11. The van der Waals surface area contributed by atoms with Gasteiger partial charge in [0.25, 0.3) is 0 Å². The quantitative estimate of drug-likeness (QED) is 0.118. The summed E-state index contributed by atoms with van der Waals surface area (Å²) in [4.78, 5) is 52.6. The minimum absolute atomic E-state index is 0.441. The smallest absolute Gasteiger partial charge is 0.180 e. The number of hydrogen-bond donors (Lipinski definition) is 0. The van der Waals surface area contributed by atoms with Crippen molar-refractivity contribution in [1.82, 2.24) is 49.8 Å². The Morgan fingerprint density at radius 2 is 0.482 bits per heavy atom. The predicted octanol–water partition coefficient (Wildman–Crippen LogP) is 25.4. The molecule has 0 amide bonds.